The molecule has 144 valence electrons. The SMILES string of the molecule is CCS(=O)(=O)c1c(NC(=O)OC(C)(C)C)sc2cc(C(F)(F)F)ccc12. The summed E-state index contributed by atoms with van der Waals surface area (Å²) in [4.78, 5) is 11.8. The van der Waals surface area contributed by atoms with Crippen molar-refractivity contribution in [2.75, 3.05) is 11.1 Å². The quantitative estimate of drug-likeness (QED) is 0.769. The Balaban J connectivity index is 2.61. The normalized spacial score (nSPS) is 13.0. The Hall–Kier alpha value is -1.81. The van der Waals surface area contributed by atoms with Gasteiger partial charge >= 0.3 is 12.3 Å². The number of nitrogens with one attached hydrogen (secondary N) is 1. The molecule has 1 aromatic carbocycles. The van der Waals surface area contributed by atoms with Gasteiger partial charge in [-0.2, -0.15) is 13.2 Å². The number of hydrogen-bond donors (Lipinski definition) is 1. The zero-order valence-electron chi connectivity index (χ0n) is 14.5. The van der Waals surface area contributed by atoms with E-state index in [9.17, 15) is 26.4 Å². The van der Waals surface area contributed by atoms with Gasteiger partial charge in [-0.3, -0.25) is 5.32 Å². The van der Waals surface area contributed by atoms with Crippen LogP contribution >= 0.6 is 11.3 Å². The van der Waals surface area contributed by atoms with E-state index >= 15 is 0 Å². The summed E-state index contributed by atoms with van der Waals surface area (Å²) in [5.74, 6) is -0.261. The first kappa shape index (κ1) is 20.5. The molecule has 0 atom stereocenters. The van der Waals surface area contributed by atoms with Crippen molar-refractivity contribution in [2.45, 2.75) is 44.4 Å². The van der Waals surface area contributed by atoms with Gasteiger partial charge < -0.3 is 4.74 Å². The third kappa shape index (κ3) is 4.47. The van der Waals surface area contributed by atoms with Gasteiger partial charge in [-0.15, -0.1) is 11.3 Å². The fourth-order valence-electron chi connectivity index (χ4n) is 2.18. The molecule has 0 aliphatic heterocycles. The minimum absolute atomic E-state index is 0.0598. The number of hydrogen-bond acceptors (Lipinski definition) is 5. The third-order valence-electron chi connectivity index (χ3n) is 3.28. The Morgan fingerprint density at radius 2 is 1.85 bits per heavy atom. The van der Waals surface area contributed by atoms with Crippen LogP contribution in [0.1, 0.15) is 33.3 Å². The van der Waals surface area contributed by atoms with Crippen molar-refractivity contribution in [2.24, 2.45) is 0 Å². The van der Waals surface area contributed by atoms with Gasteiger partial charge in [0, 0.05) is 10.1 Å². The van der Waals surface area contributed by atoms with Gasteiger partial charge in [0.25, 0.3) is 0 Å². The zero-order valence-corrected chi connectivity index (χ0v) is 16.2. The zero-order chi connectivity index (χ0) is 19.9. The molecule has 2 aromatic rings. The maximum atomic E-state index is 12.9. The lowest BCUT2D eigenvalue weighted by molar-refractivity contribution is -0.137. The summed E-state index contributed by atoms with van der Waals surface area (Å²) in [6, 6.07) is 2.80. The first-order valence-corrected chi connectivity index (χ1v) is 10.1. The second kappa shape index (κ2) is 6.73. The number of benzene rings is 1. The van der Waals surface area contributed by atoms with Gasteiger partial charge in [-0.1, -0.05) is 13.0 Å². The number of alkyl halides is 3. The number of anilines is 1. The molecular weight excluding hydrogens is 391 g/mol. The highest BCUT2D eigenvalue weighted by Crippen LogP contribution is 2.42. The van der Waals surface area contributed by atoms with Crippen molar-refractivity contribution in [3.8, 4) is 0 Å². The highest BCUT2D eigenvalue weighted by Gasteiger charge is 2.32. The van der Waals surface area contributed by atoms with Crippen LogP contribution in [0.3, 0.4) is 0 Å². The molecule has 1 aromatic heterocycles. The van der Waals surface area contributed by atoms with Gasteiger partial charge in [-0.25, -0.2) is 13.2 Å². The molecule has 0 fully saturated rings. The lowest BCUT2D eigenvalue weighted by Crippen LogP contribution is -2.27. The summed E-state index contributed by atoms with van der Waals surface area (Å²) in [5, 5.41) is 2.43. The van der Waals surface area contributed by atoms with E-state index in [4.69, 9.17) is 4.74 Å². The summed E-state index contributed by atoms with van der Waals surface area (Å²) in [5.41, 5.74) is -1.70. The molecule has 0 saturated carbocycles. The van der Waals surface area contributed by atoms with E-state index < -0.39 is 33.3 Å². The van der Waals surface area contributed by atoms with Crippen LogP contribution in [-0.4, -0.2) is 25.9 Å². The summed E-state index contributed by atoms with van der Waals surface area (Å²) in [6.07, 6.45) is -5.44. The molecule has 0 aliphatic carbocycles. The van der Waals surface area contributed by atoms with Crippen molar-refractivity contribution in [3.63, 3.8) is 0 Å². The van der Waals surface area contributed by atoms with Crippen molar-refractivity contribution in [3.05, 3.63) is 23.8 Å². The van der Waals surface area contributed by atoms with Crippen LogP contribution in [0, 0.1) is 0 Å². The second-order valence-corrected chi connectivity index (χ2v) is 9.77. The average Bonchev–Trinajstić information content (AvgIpc) is 2.81. The van der Waals surface area contributed by atoms with Crippen LogP contribution in [-0.2, 0) is 20.8 Å². The fourth-order valence-corrected chi connectivity index (χ4v) is 4.91. The number of rotatable bonds is 3. The van der Waals surface area contributed by atoms with Crippen molar-refractivity contribution < 1.29 is 31.1 Å². The molecule has 0 bridgehead atoms. The molecule has 0 radical (unpaired) electrons. The van der Waals surface area contributed by atoms with Crippen molar-refractivity contribution in [1.82, 2.24) is 0 Å². The highest BCUT2D eigenvalue weighted by molar-refractivity contribution is 7.92. The number of carbonyl (C=O) groups is 1. The Kier molecular flexibility index (Phi) is 5.31. The van der Waals surface area contributed by atoms with E-state index in [1.165, 1.54) is 6.92 Å². The van der Waals surface area contributed by atoms with Crippen LogP contribution < -0.4 is 5.32 Å². The number of fused-ring (bicyclic) bond motifs is 1. The van der Waals surface area contributed by atoms with Gasteiger partial charge in [0.1, 0.15) is 15.5 Å². The van der Waals surface area contributed by atoms with Gasteiger partial charge in [0.05, 0.1) is 11.3 Å². The number of sulfone groups is 1. The van der Waals surface area contributed by atoms with Crippen LogP contribution in [0.2, 0.25) is 0 Å². The molecule has 0 saturated heterocycles. The molecule has 0 unspecified atom stereocenters. The molecule has 1 amide bonds. The van der Waals surface area contributed by atoms with Crippen LogP contribution in [0.15, 0.2) is 23.1 Å². The Labute approximate surface area is 153 Å². The van der Waals surface area contributed by atoms with Crippen molar-refractivity contribution in [1.29, 1.82) is 0 Å². The molecule has 10 heteroatoms. The second-order valence-electron chi connectivity index (χ2n) is 6.50. The summed E-state index contributed by atoms with van der Waals surface area (Å²) in [6.45, 7) is 6.32. The molecular formula is C16H18F3NO4S2. The number of thiophene rings is 1. The van der Waals surface area contributed by atoms with Gasteiger partial charge in [0.15, 0.2) is 9.84 Å². The van der Waals surface area contributed by atoms with Gasteiger partial charge in [0.2, 0.25) is 0 Å². The summed E-state index contributed by atoms with van der Waals surface area (Å²) in [7, 11) is -3.79. The molecule has 0 aliphatic rings. The predicted molar refractivity (Wildman–Crippen MR) is 94.4 cm³/mol. The van der Waals surface area contributed by atoms with Crippen LogP contribution in [0.25, 0.3) is 10.1 Å². The van der Waals surface area contributed by atoms with E-state index in [-0.39, 0.29) is 25.7 Å². The molecule has 2 rings (SSSR count). The number of carbonyl (C=O) groups excluding carboxylic acids is 1. The lowest BCUT2D eigenvalue weighted by Gasteiger charge is -2.19. The molecule has 1 heterocycles. The van der Waals surface area contributed by atoms with Crippen LogP contribution in [0.5, 0.6) is 0 Å². The predicted octanol–water partition coefficient (Wildman–Crippen LogP) is 5.06. The maximum absolute atomic E-state index is 12.9. The van der Waals surface area contributed by atoms with E-state index in [2.05, 4.69) is 5.32 Å². The minimum Gasteiger partial charge on any atom is -0.444 e. The number of ether oxygens (including phenoxy) is 1. The monoisotopic (exact) mass is 409 g/mol. The molecule has 0 spiro atoms. The Morgan fingerprint density at radius 3 is 2.35 bits per heavy atom. The minimum atomic E-state index is -4.55. The van der Waals surface area contributed by atoms with Crippen LogP contribution in [0.4, 0.5) is 23.0 Å². The average molecular weight is 409 g/mol. The maximum Gasteiger partial charge on any atom is 0.416 e. The summed E-state index contributed by atoms with van der Waals surface area (Å²) >= 11 is 0.760. The smallest absolute Gasteiger partial charge is 0.416 e. The number of halogens is 3. The molecule has 5 nitrogen and oxygen atoms in total. The van der Waals surface area contributed by atoms with E-state index in [0.29, 0.717) is 0 Å². The standard InChI is InChI=1S/C16H18F3NO4S2/c1-5-26(22,23)12-10-7-6-9(16(17,18)19)8-11(10)25-13(12)20-14(21)24-15(2,3)4/h6-8H,5H2,1-4H3,(H,20,21). The third-order valence-corrected chi connectivity index (χ3v) is 6.28. The molecule has 1 N–H and O–H groups in total. The Morgan fingerprint density at radius 1 is 1.23 bits per heavy atom. The van der Waals surface area contributed by atoms with E-state index in [1.54, 1.807) is 20.8 Å². The summed E-state index contributed by atoms with van der Waals surface area (Å²) < 4.78 is 68.8. The largest absolute Gasteiger partial charge is 0.444 e. The van der Waals surface area contributed by atoms with E-state index in [0.717, 1.165) is 29.5 Å². The Bertz CT molecular complexity index is 941. The highest BCUT2D eigenvalue weighted by atomic mass is 32.2. The first-order valence-electron chi connectivity index (χ1n) is 7.61. The van der Waals surface area contributed by atoms with Crippen molar-refractivity contribution >= 4 is 42.4 Å². The molecule has 26 heavy (non-hydrogen) atoms. The number of amides is 1. The lowest BCUT2D eigenvalue weighted by atomic mass is 10.2. The van der Waals surface area contributed by atoms with Gasteiger partial charge in [-0.05, 0) is 32.9 Å². The first-order chi connectivity index (χ1) is 11.7. The fraction of sp³-hybridized carbons (Fsp3) is 0.438. The van der Waals surface area contributed by atoms with E-state index in [1.807, 2.05) is 0 Å². The topological polar surface area (TPSA) is 72.5 Å².